The summed E-state index contributed by atoms with van der Waals surface area (Å²) < 4.78 is 5.69. The van der Waals surface area contributed by atoms with Crippen LogP contribution in [0.5, 0.6) is 5.75 Å². The molecule has 1 fully saturated rings. The normalized spacial score (nSPS) is 21.0. The van der Waals surface area contributed by atoms with Crippen molar-refractivity contribution >= 4 is 17.6 Å². The topological polar surface area (TPSA) is 75.6 Å². The minimum atomic E-state index is -0.750. The Balaban J connectivity index is 1.93. The van der Waals surface area contributed by atoms with E-state index in [2.05, 4.69) is 5.32 Å². The lowest BCUT2D eigenvalue weighted by atomic mass is 9.81. The Hall–Kier alpha value is -2.04. The maximum absolute atomic E-state index is 12.3. The molecule has 0 saturated heterocycles. The molecule has 0 radical (unpaired) electrons. The van der Waals surface area contributed by atoms with Gasteiger partial charge in [-0.25, -0.2) is 0 Å². The van der Waals surface area contributed by atoms with E-state index in [1.807, 2.05) is 39.0 Å². The molecular weight excluding hydrogens is 294 g/mol. The van der Waals surface area contributed by atoms with Crippen LogP contribution in [0.25, 0.3) is 0 Å². The lowest BCUT2D eigenvalue weighted by Crippen LogP contribution is -2.29. The molecule has 2 rings (SSSR count). The molecule has 1 amide bonds. The fourth-order valence-corrected chi connectivity index (χ4v) is 2.96. The summed E-state index contributed by atoms with van der Waals surface area (Å²) in [4.78, 5) is 23.3. The molecule has 1 aromatic carbocycles. The number of ether oxygens (including phenoxy) is 1. The van der Waals surface area contributed by atoms with Crippen LogP contribution in [0.4, 0.5) is 5.69 Å². The fourth-order valence-electron chi connectivity index (χ4n) is 2.96. The molecule has 5 heteroatoms. The second-order valence-corrected chi connectivity index (χ2v) is 6.52. The number of rotatable bonds is 5. The molecule has 0 bridgehead atoms. The van der Waals surface area contributed by atoms with E-state index in [-0.39, 0.29) is 23.8 Å². The lowest BCUT2D eigenvalue weighted by molar-refractivity contribution is -0.143. The van der Waals surface area contributed by atoms with Crippen molar-refractivity contribution in [3.8, 4) is 5.75 Å². The number of carbonyl (C=O) groups excluding carboxylic acids is 1. The monoisotopic (exact) mass is 319 g/mol. The number of aryl methyl sites for hydroxylation is 1. The third-order valence-electron chi connectivity index (χ3n) is 4.25. The van der Waals surface area contributed by atoms with Crippen LogP contribution in [0.2, 0.25) is 0 Å². The number of carboxylic acids is 1. The third kappa shape index (κ3) is 4.71. The summed E-state index contributed by atoms with van der Waals surface area (Å²) in [6.07, 6.45) is 2.53. The number of carboxylic acid groups (broad SMARTS) is 1. The van der Waals surface area contributed by atoms with Gasteiger partial charge in [-0.3, -0.25) is 9.59 Å². The number of anilines is 1. The number of nitrogens with one attached hydrogen (secondary N) is 1. The van der Waals surface area contributed by atoms with Crippen molar-refractivity contribution in [2.24, 2.45) is 11.8 Å². The number of amides is 1. The van der Waals surface area contributed by atoms with Crippen molar-refractivity contribution in [1.29, 1.82) is 0 Å². The van der Waals surface area contributed by atoms with Gasteiger partial charge in [-0.2, -0.15) is 0 Å². The van der Waals surface area contributed by atoms with Gasteiger partial charge in [0.25, 0.3) is 0 Å². The Labute approximate surface area is 137 Å². The van der Waals surface area contributed by atoms with E-state index in [1.165, 1.54) is 0 Å². The second-order valence-electron chi connectivity index (χ2n) is 6.52. The van der Waals surface area contributed by atoms with Crippen molar-refractivity contribution in [3.63, 3.8) is 0 Å². The van der Waals surface area contributed by atoms with Gasteiger partial charge in [0.05, 0.1) is 12.0 Å². The first-order chi connectivity index (χ1) is 10.9. The fraction of sp³-hybridized carbons (Fsp3) is 0.556. The molecule has 1 aromatic rings. The predicted molar refractivity (Wildman–Crippen MR) is 88.7 cm³/mol. The highest BCUT2D eigenvalue weighted by Gasteiger charge is 2.29. The zero-order chi connectivity index (χ0) is 17.0. The van der Waals surface area contributed by atoms with Gasteiger partial charge in [-0.1, -0.05) is 0 Å². The quantitative estimate of drug-likeness (QED) is 0.869. The van der Waals surface area contributed by atoms with Gasteiger partial charge in [-0.05, 0) is 70.2 Å². The zero-order valence-corrected chi connectivity index (χ0v) is 14.0. The van der Waals surface area contributed by atoms with E-state index in [1.54, 1.807) is 0 Å². The highest BCUT2D eigenvalue weighted by atomic mass is 16.5. The first-order valence-corrected chi connectivity index (χ1v) is 8.17. The van der Waals surface area contributed by atoms with Gasteiger partial charge in [-0.15, -0.1) is 0 Å². The van der Waals surface area contributed by atoms with Crippen molar-refractivity contribution in [3.05, 3.63) is 23.8 Å². The van der Waals surface area contributed by atoms with Crippen LogP contribution in [-0.2, 0) is 9.59 Å². The van der Waals surface area contributed by atoms with Crippen molar-refractivity contribution in [1.82, 2.24) is 0 Å². The van der Waals surface area contributed by atoms with E-state index in [9.17, 15) is 9.59 Å². The van der Waals surface area contributed by atoms with E-state index < -0.39 is 5.97 Å². The Morgan fingerprint density at radius 2 is 1.78 bits per heavy atom. The molecule has 1 saturated carbocycles. The number of benzene rings is 1. The summed E-state index contributed by atoms with van der Waals surface area (Å²) in [5.41, 5.74) is 1.73. The van der Waals surface area contributed by atoms with E-state index in [4.69, 9.17) is 9.84 Å². The molecule has 0 aromatic heterocycles. The SMILES string of the molecule is Cc1cc(NC(=O)C2CCC(C(=O)O)CC2)ccc1OC(C)C. The summed E-state index contributed by atoms with van der Waals surface area (Å²) in [5, 5.41) is 11.9. The van der Waals surface area contributed by atoms with Crippen molar-refractivity contribution in [2.75, 3.05) is 5.32 Å². The van der Waals surface area contributed by atoms with Crippen LogP contribution in [-0.4, -0.2) is 23.1 Å². The molecule has 5 nitrogen and oxygen atoms in total. The average molecular weight is 319 g/mol. The third-order valence-corrected chi connectivity index (χ3v) is 4.25. The number of carbonyl (C=O) groups is 2. The van der Waals surface area contributed by atoms with Crippen LogP contribution in [0, 0.1) is 18.8 Å². The predicted octanol–water partition coefficient (Wildman–Crippen LogP) is 3.61. The van der Waals surface area contributed by atoms with Gasteiger partial charge < -0.3 is 15.2 Å². The molecule has 2 N–H and O–H groups in total. The molecule has 0 spiro atoms. The molecule has 23 heavy (non-hydrogen) atoms. The second kappa shape index (κ2) is 7.49. The molecule has 0 atom stereocenters. The summed E-state index contributed by atoms with van der Waals surface area (Å²) in [7, 11) is 0. The van der Waals surface area contributed by atoms with E-state index in [0.717, 1.165) is 17.0 Å². The Bertz CT molecular complexity index is 574. The standard InChI is InChI=1S/C18H25NO4/c1-11(2)23-16-9-8-15(10-12(16)3)19-17(20)13-4-6-14(7-5-13)18(21)22/h8-11,13-14H,4-7H2,1-3H3,(H,19,20)(H,21,22). The summed E-state index contributed by atoms with van der Waals surface area (Å²) in [6.45, 7) is 5.90. The van der Waals surface area contributed by atoms with Gasteiger partial charge >= 0.3 is 5.97 Å². The maximum Gasteiger partial charge on any atom is 0.306 e. The van der Waals surface area contributed by atoms with Crippen LogP contribution in [0.3, 0.4) is 0 Å². The molecule has 0 heterocycles. The lowest BCUT2D eigenvalue weighted by Gasteiger charge is -2.25. The zero-order valence-electron chi connectivity index (χ0n) is 14.0. The van der Waals surface area contributed by atoms with Crippen molar-refractivity contribution in [2.45, 2.75) is 52.6 Å². The summed E-state index contributed by atoms with van der Waals surface area (Å²) in [5.74, 6) is -0.350. The Kier molecular flexibility index (Phi) is 5.64. The minimum Gasteiger partial charge on any atom is -0.491 e. The highest BCUT2D eigenvalue weighted by molar-refractivity contribution is 5.92. The van der Waals surface area contributed by atoms with Crippen LogP contribution >= 0.6 is 0 Å². The average Bonchev–Trinajstić information content (AvgIpc) is 2.49. The number of hydrogen-bond acceptors (Lipinski definition) is 3. The van der Waals surface area contributed by atoms with Gasteiger partial charge in [0.15, 0.2) is 0 Å². The molecule has 1 aliphatic rings. The summed E-state index contributed by atoms with van der Waals surface area (Å²) >= 11 is 0. The van der Waals surface area contributed by atoms with Crippen LogP contribution in [0.1, 0.15) is 45.1 Å². The van der Waals surface area contributed by atoms with Crippen LogP contribution < -0.4 is 10.1 Å². The Morgan fingerprint density at radius 1 is 1.17 bits per heavy atom. The molecular formula is C18H25NO4. The van der Waals surface area contributed by atoms with Crippen LogP contribution in [0.15, 0.2) is 18.2 Å². The summed E-state index contributed by atoms with van der Waals surface area (Å²) in [6, 6.07) is 5.61. The first-order valence-electron chi connectivity index (χ1n) is 8.17. The molecule has 0 unspecified atom stereocenters. The largest absolute Gasteiger partial charge is 0.491 e. The Morgan fingerprint density at radius 3 is 2.30 bits per heavy atom. The van der Waals surface area contributed by atoms with E-state index in [0.29, 0.717) is 25.7 Å². The van der Waals surface area contributed by atoms with E-state index >= 15 is 0 Å². The minimum absolute atomic E-state index is 0.0224. The number of hydrogen-bond donors (Lipinski definition) is 2. The number of aliphatic carboxylic acids is 1. The van der Waals surface area contributed by atoms with Gasteiger partial charge in [0.1, 0.15) is 5.75 Å². The molecule has 126 valence electrons. The highest BCUT2D eigenvalue weighted by Crippen LogP contribution is 2.30. The first kappa shape index (κ1) is 17.3. The molecule has 0 aliphatic heterocycles. The maximum atomic E-state index is 12.3. The smallest absolute Gasteiger partial charge is 0.306 e. The molecule has 1 aliphatic carbocycles. The van der Waals surface area contributed by atoms with Gasteiger partial charge in [0.2, 0.25) is 5.91 Å². The van der Waals surface area contributed by atoms with Gasteiger partial charge in [0, 0.05) is 11.6 Å². The van der Waals surface area contributed by atoms with Crippen molar-refractivity contribution < 1.29 is 19.4 Å².